The predicted octanol–water partition coefficient (Wildman–Crippen LogP) is 4.12. The van der Waals surface area contributed by atoms with Gasteiger partial charge in [0.2, 0.25) is 0 Å². The monoisotopic (exact) mass is 281 g/mol. The smallest absolute Gasteiger partial charge is 0.146 e. The van der Waals surface area contributed by atoms with Crippen molar-refractivity contribution in [2.45, 2.75) is 6.04 Å². The Balaban J connectivity index is 2.01. The van der Waals surface area contributed by atoms with Crippen LogP contribution in [0, 0.1) is 5.82 Å². The van der Waals surface area contributed by atoms with E-state index in [1.807, 2.05) is 42.5 Å². The van der Waals surface area contributed by atoms with Gasteiger partial charge in [-0.1, -0.05) is 54.6 Å². The van der Waals surface area contributed by atoms with E-state index in [0.29, 0.717) is 5.69 Å². The minimum Gasteiger partial charge on any atom is -0.394 e. The zero-order valence-corrected chi connectivity index (χ0v) is 11.5. The molecular weight excluding hydrogens is 265 g/mol. The molecule has 0 amide bonds. The first kappa shape index (κ1) is 13.6. The Bertz CT molecular complexity index is 752. The van der Waals surface area contributed by atoms with Crippen LogP contribution in [0.15, 0.2) is 66.7 Å². The third-order valence-electron chi connectivity index (χ3n) is 3.58. The summed E-state index contributed by atoms with van der Waals surface area (Å²) >= 11 is 0. The molecule has 0 saturated carbocycles. The first-order valence-corrected chi connectivity index (χ1v) is 6.89. The van der Waals surface area contributed by atoms with Crippen molar-refractivity contribution in [3.8, 4) is 0 Å². The quantitative estimate of drug-likeness (QED) is 0.754. The van der Waals surface area contributed by atoms with Gasteiger partial charge in [0.25, 0.3) is 0 Å². The van der Waals surface area contributed by atoms with E-state index in [2.05, 4.69) is 5.32 Å². The Morgan fingerprint density at radius 1 is 0.905 bits per heavy atom. The van der Waals surface area contributed by atoms with Crippen molar-refractivity contribution >= 4 is 16.5 Å². The van der Waals surface area contributed by atoms with E-state index in [1.165, 1.54) is 6.07 Å². The summed E-state index contributed by atoms with van der Waals surface area (Å²) in [5.41, 5.74) is 1.35. The molecule has 0 fully saturated rings. The molecule has 3 heteroatoms. The van der Waals surface area contributed by atoms with Gasteiger partial charge in [-0.25, -0.2) is 4.39 Å². The zero-order valence-electron chi connectivity index (χ0n) is 11.5. The highest BCUT2D eigenvalue weighted by Crippen LogP contribution is 2.27. The van der Waals surface area contributed by atoms with Crippen LogP contribution in [0.5, 0.6) is 0 Å². The first-order chi connectivity index (χ1) is 10.3. The number of rotatable bonds is 4. The van der Waals surface area contributed by atoms with Crippen LogP contribution in [0.1, 0.15) is 11.6 Å². The molecule has 1 atom stereocenters. The lowest BCUT2D eigenvalue weighted by Crippen LogP contribution is -2.16. The fourth-order valence-corrected chi connectivity index (χ4v) is 2.54. The highest BCUT2D eigenvalue weighted by molar-refractivity contribution is 5.86. The third-order valence-corrected chi connectivity index (χ3v) is 3.58. The number of anilines is 1. The molecule has 0 radical (unpaired) electrons. The summed E-state index contributed by atoms with van der Waals surface area (Å²) in [6.07, 6.45) is 0. The van der Waals surface area contributed by atoms with Crippen LogP contribution < -0.4 is 5.32 Å². The van der Waals surface area contributed by atoms with Gasteiger partial charge in [0.1, 0.15) is 5.82 Å². The molecule has 0 aliphatic carbocycles. The van der Waals surface area contributed by atoms with Crippen molar-refractivity contribution in [2.75, 3.05) is 11.9 Å². The van der Waals surface area contributed by atoms with Crippen LogP contribution in [0.3, 0.4) is 0 Å². The summed E-state index contributed by atoms with van der Waals surface area (Å²) < 4.78 is 13.8. The third kappa shape index (κ3) is 2.73. The van der Waals surface area contributed by atoms with Crippen molar-refractivity contribution in [2.24, 2.45) is 0 Å². The number of para-hydroxylation sites is 1. The van der Waals surface area contributed by atoms with E-state index in [9.17, 15) is 9.50 Å². The van der Waals surface area contributed by atoms with Crippen molar-refractivity contribution in [3.05, 3.63) is 78.1 Å². The summed E-state index contributed by atoms with van der Waals surface area (Å²) in [6.45, 7) is -0.109. The molecule has 3 aromatic rings. The maximum atomic E-state index is 13.8. The van der Waals surface area contributed by atoms with Gasteiger partial charge in [-0.15, -0.1) is 0 Å². The topological polar surface area (TPSA) is 32.3 Å². The SMILES string of the molecule is OCC(Nc1ccccc1F)c1cccc2ccccc12. The average molecular weight is 281 g/mol. The number of aliphatic hydroxyl groups excluding tert-OH is 1. The van der Waals surface area contributed by atoms with E-state index in [0.717, 1.165) is 16.3 Å². The fourth-order valence-electron chi connectivity index (χ4n) is 2.54. The summed E-state index contributed by atoms with van der Waals surface area (Å²) in [4.78, 5) is 0. The molecule has 3 rings (SSSR count). The number of halogens is 1. The van der Waals surface area contributed by atoms with Crippen LogP contribution >= 0.6 is 0 Å². The lowest BCUT2D eigenvalue weighted by atomic mass is 9.99. The molecular formula is C18H16FNO. The molecule has 1 unspecified atom stereocenters. The maximum absolute atomic E-state index is 13.8. The van der Waals surface area contributed by atoms with Crippen LogP contribution in [0.2, 0.25) is 0 Å². The summed E-state index contributed by atoms with van der Waals surface area (Å²) in [5.74, 6) is -0.323. The molecule has 0 saturated heterocycles. The molecule has 0 bridgehead atoms. The number of hydrogen-bond acceptors (Lipinski definition) is 2. The lowest BCUT2D eigenvalue weighted by molar-refractivity contribution is 0.276. The van der Waals surface area contributed by atoms with Gasteiger partial charge in [0.05, 0.1) is 18.3 Å². The van der Waals surface area contributed by atoms with Crippen molar-refractivity contribution in [3.63, 3.8) is 0 Å². The summed E-state index contributed by atoms with van der Waals surface area (Å²) in [7, 11) is 0. The van der Waals surface area contributed by atoms with Gasteiger partial charge in [-0.05, 0) is 28.5 Å². The number of benzene rings is 3. The highest BCUT2D eigenvalue weighted by Gasteiger charge is 2.14. The zero-order chi connectivity index (χ0) is 14.7. The molecule has 0 heterocycles. The van der Waals surface area contributed by atoms with E-state index in [1.54, 1.807) is 18.2 Å². The van der Waals surface area contributed by atoms with E-state index >= 15 is 0 Å². The Morgan fingerprint density at radius 2 is 1.62 bits per heavy atom. The Hall–Kier alpha value is -2.39. The van der Waals surface area contributed by atoms with Gasteiger partial charge in [0.15, 0.2) is 0 Å². The van der Waals surface area contributed by atoms with Crippen LogP contribution in [0.4, 0.5) is 10.1 Å². The number of aliphatic hydroxyl groups is 1. The molecule has 0 aliphatic rings. The maximum Gasteiger partial charge on any atom is 0.146 e. The van der Waals surface area contributed by atoms with Gasteiger partial charge >= 0.3 is 0 Å². The average Bonchev–Trinajstić information content (AvgIpc) is 2.54. The Morgan fingerprint density at radius 3 is 2.43 bits per heavy atom. The van der Waals surface area contributed by atoms with Crippen LogP contribution in [-0.2, 0) is 0 Å². The molecule has 3 aromatic carbocycles. The molecule has 0 aromatic heterocycles. The molecule has 0 spiro atoms. The summed E-state index contributed by atoms with van der Waals surface area (Å²) in [5, 5.41) is 14.9. The van der Waals surface area contributed by atoms with Gasteiger partial charge < -0.3 is 10.4 Å². The van der Waals surface area contributed by atoms with Gasteiger partial charge in [-0.2, -0.15) is 0 Å². The van der Waals surface area contributed by atoms with Crippen LogP contribution in [-0.4, -0.2) is 11.7 Å². The highest BCUT2D eigenvalue weighted by atomic mass is 19.1. The standard InChI is InChI=1S/C18H16FNO/c19-16-10-3-4-11-17(16)20-18(12-21)15-9-5-7-13-6-1-2-8-14(13)15/h1-11,18,20-21H,12H2. The Kier molecular flexibility index (Phi) is 3.84. The van der Waals surface area contributed by atoms with E-state index < -0.39 is 0 Å². The van der Waals surface area contributed by atoms with E-state index in [4.69, 9.17) is 0 Å². The normalized spacial score (nSPS) is 12.3. The second-order valence-corrected chi connectivity index (χ2v) is 4.93. The number of fused-ring (bicyclic) bond motifs is 1. The molecule has 2 N–H and O–H groups in total. The molecule has 21 heavy (non-hydrogen) atoms. The van der Waals surface area contributed by atoms with Gasteiger partial charge in [0, 0.05) is 0 Å². The Labute approximate surface area is 122 Å². The van der Waals surface area contributed by atoms with Gasteiger partial charge in [-0.3, -0.25) is 0 Å². The molecule has 2 nitrogen and oxygen atoms in total. The molecule has 106 valence electrons. The minimum atomic E-state index is -0.354. The van der Waals surface area contributed by atoms with E-state index in [-0.39, 0.29) is 18.5 Å². The molecule has 0 aliphatic heterocycles. The fraction of sp³-hybridized carbons (Fsp3) is 0.111. The second-order valence-electron chi connectivity index (χ2n) is 4.93. The summed E-state index contributed by atoms with van der Waals surface area (Å²) in [6, 6.07) is 20.0. The van der Waals surface area contributed by atoms with Crippen molar-refractivity contribution < 1.29 is 9.50 Å². The number of hydrogen-bond donors (Lipinski definition) is 2. The van der Waals surface area contributed by atoms with Crippen molar-refractivity contribution in [1.82, 2.24) is 0 Å². The predicted molar refractivity (Wildman–Crippen MR) is 83.8 cm³/mol. The lowest BCUT2D eigenvalue weighted by Gasteiger charge is -2.20. The number of nitrogens with one attached hydrogen (secondary N) is 1. The van der Waals surface area contributed by atoms with Crippen LogP contribution in [0.25, 0.3) is 10.8 Å². The largest absolute Gasteiger partial charge is 0.394 e. The minimum absolute atomic E-state index is 0.109. The second kappa shape index (κ2) is 5.94. The van der Waals surface area contributed by atoms with Crippen molar-refractivity contribution in [1.29, 1.82) is 0 Å². The first-order valence-electron chi connectivity index (χ1n) is 6.89.